The minimum Gasteiger partial charge on any atom is -0.493 e. The topological polar surface area (TPSA) is 94.8 Å². The molecule has 0 atom stereocenters. The number of nitrogens with zero attached hydrogens (tertiary/aromatic N) is 3. The Labute approximate surface area is 189 Å². The fourth-order valence-electron chi connectivity index (χ4n) is 3.78. The fraction of sp³-hybridized carbons (Fsp3) is 0.391. The van der Waals surface area contributed by atoms with Crippen molar-refractivity contribution in [3.05, 3.63) is 52.9 Å². The van der Waals surface area contributed by atoms with Gasteiger partial charge in [-0.05, 0) is 63.9 Å². The first-order chi connectivity index (χ1) is 15.1. The summed E-state index contributed by atoms with van der Waals surface area (Å²) < 4.78 is 44.5. The highest BCUT2D eigenvalue weighted by Crippen LogP contribution is 2.32. The Morgan fingerprint density at radius 2 is 1.62 bits per heavy atom. The van der Waals surface area contributed by atoms with Crippen molar-refractivity contribution in [2.75, 3.05) is 14.2 Å². The Balaban J connectivity index is 1.94. The van der Waals surface area contributed by atoms with Gasteiger partial charge in [0.2, 0.25) is 21.7 Å². The Hall–Kier alpha value is -2.91. The smallest absolute Gasteiger partial charge is 0.244 e. The third kappa shape index (κ3) is 4.63. The average Bonchev–Trinajstić information content (AvgIpc) is 3.19. The third-order valence-electron chi connectivity index (χ3n) is 5.15. The summed E-state index contributed by atoms with van der Waals surface area (Å²) in [5.74, 6) is 1.66. The van der Waals surface area contributed by atoms with Gasteiger partial charge in [0.25, 0.3) is 0 Å². The van der Waals surface area contributed by atoms with Crippen LogP contribution in [0.4, 0.5) is 0 Å². The van der Waals surface area contributed by atoms with E-state index in [1.54, 1.807) is 32.4 Å². The number of hydrogen-bond acceptors (Lipinski definition) is 7. The molecular formula is C23H29N3O5S. The standard InChI is InChI=1S/C23H29N3O5S/c1-14(2)26(32(27,28)22-16(4)10-15(3)11-17(22)5)13-21-24-23(25-31-21)18-8-9-19(29-6)20(12-18)30-7/h8-12,14H,13H2,1-7H3. The highest BCUT2D eigenvalue weighted by molar-refractivity contribution is 7.89. The number of rotatable bonds is 8. The Morgan fingerprint density at radius 1 is 1.00 bits per heavy atom. The van der Waals surface area contributed by atoms with Crippen LogP contribution in [0.2, 0.25) is 0 Å². The molecule has 9 heteroatoms. The summed E-state index contributed by atoms with van der Waals surface area (Å²) in [6, 6.07) is 8.71. The van der Waals surface area contributed by atoms with E-state index in [2.05, 4.69) is 10.1 Å². The molecule has 0 fully saturated rings. The summed E-state index contributed by atoms with van der Waals surface area (Å²) in [5.41, 5.74) is 3.11. The molecule has 0 spiro atoms. The molecule has 3 aromatic rings. The van der Waals surface area contributed by atoms with E-state index in [0.717, 1.165) is 5.56 Å². The average molecular weight is 460 g/mol. The van der Waals surface area contributed by atoms with Crippen LogP contribution < -0.4 is 9.47 Å². The summed E-state index contributed by atoms with van der Waals surface area (Å²) >= 11 is 0. The van der Waals surface area contributed by atoms with E-state index in [9.17, 15) is 8.42 Å². The maximum Gasteiger partial charge on any atom is 0.244 e. The minimum absolute atomic E-state index is 0.0347. The van der Waals surface area contributed by atoms with Gasteiger partial charge in [-0.15, -0.1) is 0 Å². The quantitative estimate of drug-likeness (QED) is 0.496. The number of methoxy groups -OCH3 is 2. The van der Waals surface area contributed by atoms with E-state index in [1.807, 2.05) is 46.8 Å². The van der Waals surface area contributed by atoms with Crippen LogP contribution >= 0.6 is 0 Å². The fourth-order valence-corrected chi connectivity index (χ4v) is 5.78. The van der Waals surface area contributed by atoms with Crippen molar-refractivity contribution in [3.8, 4) is 22.9 Å². The molecule has 0 N–H and O–H groups in total. The molecule has 3 rings (SSSR count). The van der Waals surface area contributed by atoms with E-state index in [-0.39, 0.29) is 18.5 Å². The zero-order valence-corrected chi connectivity index (χ0v) is 20.3. The predicted octanol–water partition coefficient (Wildman–Crippen LogP) is 4.28. The van der Waals surface area contributed by atoms with Crippen LogP contribution in [0.25, 0.3) is 11.4 Å². The Morgan fingerprint density at radius 3 is 2.19 bits per heavy atom. The monoisotopic (exact) mass is 459 g/mol. The summed E-state index contributed by atoms with van der Waals surface area (Å²) in [5, 5.41) is 4.03. The maximum absolute atomic E-state index is 13.6. The first kappa shape index (κ1) is 23.7. The summed E-state index contributed by atoms with van der Waals surface area (Å²) in [6.07, 6.45) is 0. The van der Waals surface area contributed by atoms with Crippen molar-refractivity contribution >= 4 is 10.0 Å². The molecule has 172 valence electrons. The highest BCUT2D eigenvalue weighted by Gasteiger charge is 2.31. The largest absolute Gasteiger partial charge is 0.493 e. The molecule has 1 aromatic heterocycles. The molecule has 0 unspecified atom stereocenters. The Kier molecular flexibility index (Phi) is 6.90. The molecular weight excluding hydrogens is 430 g/mol. The van der Waals surface area contributed by atoms with Crippen LogP contribution in [-0.2, 0) is 16.6 Å². The van der Waals surface area contributed by atoms with Crippen LogP contribution in [0.5, 0.6) is 11.5 Å². The number of sulfonamides is 1. The molecule has 2 aromatic carbocycles. The molecule has 0 aliphatic heterocycles. The van der Waals surface area contributed by atoms with Gasteiger partial charge in [0.1, 0.15) is 0 Å². The molecule has 8 nitrogen and oxygen atoms in total. The number of aromatic nitrogens is 2. The SMILES string of the molecule is COc1ccc(-c2noc(CN(C(C)C)S(=O)(=O)c3c(C)cc(C)cc3C)n2)cc1OC. The van der Waals surface area contributed by atoms with Crippen LogP contribution in [0.3, 0.4) is 0 Å². The van der Waals surface area contributed by atoms with Gasteiger partial charge in [-0.2, -0.15) is 9.29 Å². The lowest BCUT2D eigenvalue weighted by Crippen LogP contribution is -2.37. The normalized spacial score (nSPS) is 11.9. The second kappa shape index (κ2) is 9.30. The zero-order valence-electron chi connectivity index (χ0n) is 19.5. The van der Waals surface area contributed by atoms with E-state index in [4.69, 9.17) is 14.0 Å². The summed E-state index contributed by atoms with van der Waals surface area (Å²) in [7, 11) is -0.679. The Bertz CT molecular complexity index is 1200. The first-order valence-electron chi connectivity index (χ1n) is 10.2. The molecule has 32 heavy (non-hydrogen) atoms. The second-order valence-electron chi connectivity index (χ2n) is 7.95. The molecule has 0 aliphatic carbocycles. The maximum atomic E-state index is 13.6. The third-order valence-corrected chi connectivity index (χ3v) is 7.48. The highest BCUT2D eigenvalue weighted by atomic mass is 32.2. The van der Waals surface area contributed by atoms with Crippen molar-refractivity contribution < 1.29 is 22.4 Å². The summed E-state index contributed by atoms with van der Waals surface area (Å²) in [6.45, 7) is 9.18. The number of hydrogen-bond donors (Lipinski definition) is 0. The van der Waals surface area contributed by atoms with Gasteiger partial charge >= 0.3 is 0 Å². The van der Waals surface area contributed by atoms with Gasteiger partial charge in [0.15, 0.2) is 11.5 Å². The van der Waals surface area contributed by atoms with E-state index >= 15 is 0 Å². The van der Waals surface area contributed by atoms with E-state index in [1.165, 1.54) is 4.31 Å². The molecule has 0 saturated heterocycles. The van der Waals surface area contributed by atoms with Crippen molar-refractivity contribution in [1.82, 2.24) is 14.4 Å². The van der Waals surface area contributed by atoms with Gasteiger partial charge in [0.05, 0.1) is 25.7 Å². The molecule has 0 saturated carbocycles. The molecule has 0 amide bonds. The number of aryl methyl sites for hydroxylation is 3. The van der Waals surface area contributed by atoms with Gasteiger partial charge < -0.3 is 14.0 Å². The second-order valence-corrected chi connectivity index (χ2v) is 9.78. The van der Waals surface area contributed by atoms with Gasteiger partial charge in [-0.1, -0.05) is 22.9 Å². The van der Waals surface area contributed by atoms with Crippen LogP contribution in [-0.4, -0.2) is 43.1 Å². The van der Waals surface area contributed by atoms with Crippen molar-refractivity contribution in [1.29, 1.82) is 0 Å². The number of ether oxygens (including phenoxy) is 2. The van der Waals surface area contributed by atoms with Crippen LogP contribution in [0.15, 0.2) is 39.8 Å². The van der Waals surface area contributed by atoms with Gasteiger partial charge in [-0.3, -0.25) is 0 Å². The van der Waals surface area contributed by atoms with E-state index < -0.39 is 10.0 Å². The van der Waals surface area contributed by atoms with Crippen molar-refractivity contribution in [2.24, 2.45) is 0 Å². The predicted molar refractivity (Wildman–Crippen MR) is 121 cm³/mol. The summed E-state index contributed by atoms with van der Waals surface area (Å²) in [4.78, 5) is 4.74. The van der Waals surface area contributed by atoms with Crippen molar-refractivity contribution in [3.63, 3.8) is 0 Å². The zero-order chi connectivity index (χ0) is 23.6. The van der Waals surface area contributed by atoms with Crippen LogP contribution in [0, 0.1) is 20.8 Å². The lowest BCUT2D eigenvalue weighted by Gasteiger charge is -2.26. The van der Waals surface area contributed by atoms with E-state index in [0.29, 0.717) is 38.9 Å². The minimum atomic E-state index is -3.78. The lowest BCUT2D eigenvalue weighted by molar-refractivity contribution is 0.286. The molecule has 0 aliphatic rings. The first-order valence-corrected chi connectivity index (χ1v) is 11.7. The van der Waals surface area contributed by atoms with Crippen molar-refractivity contribution in [2.45, 2.75) is 52.1 Å². The van der Waals surface area contributed by atoms with Gasteiger partial charge in [-0.25, -0.2) is 8.42 Å². The van der Waals surface area contributed by atoms with Crippen LogP contribution in [0.1, 0.15) is 36.4 Å². The molecule has 0 bridgehead atoms. The van der Waals surface area contributed by atoms with Gasteiger partial charge in [0, 0.05) is 11.6 Å². The lowest BCUT2D eigenvalue weighted by atomic mass is 10.1. The molecule has 1 heterocycles. The molecule has 0 radical (unpaired) electrons. The number of benzene rings is 2.